The molecule has 0 radical (unpaired) electrons. The molecule has 362 valence electrons. The zero-order valence-electron chi connectivity index (χ0n) is 40.4. The van der Waals surface area contributed by atoms with Gasteiger partial charge in [0.15, 0.2) is 11.6 Å². The average molecular weight is 919 g/mol. The number of halogens is 1. The van der Waals surface area contributed by atoms with Crippen LogP contribution in [0.25, 0.3) is 0 Å². The summed E-state index contributed by atoms with van der Waals surface area (Å²) in [5.41, 5.74) is -1.19. The normalized spacial score (nSPS) is 43.6. The van der Waals surface area contributed by atoms with Gasteiger partial charge in [-0.3, -0.25) is 14.4 Å². The first-order chi connectivity index (χ1) is 30.1. The molecular weight excluding hydrogens is 838 g/mol. The van der Waals surface area contributed by atoms with Crippen molar-refractivity contribution in [3.8, 4) is 0 Å². The fourth-order valence-electron chi connectivity index (χ4n) is 12.1. The minimum absolute atomic E-state index is 0.0286. The molecule has 64 heavy (non-hydrogen) atoms. The van der Waals surface area contributed by atoms with Gasteiger partial charge in [-0.2, -0.15) is 0 Å². The largest absolute Gasteiger partial charge is 0.481 e. The highest BCUT2D eigenvalue weighted by atomic mass is 35.5. The van der Waals surface area contributed by atoms with Crippen molar-refractivity contribution in [2.75, 3.05) is 5.88 Å². The molecule has 0 aromatic heterocycles. The van der Waals surface area contributed by atoms with Crippen LogP contribution < -0.4 is 5.32 Å². The molecule has 5 heterocycles. The summed E-state index contributed by atoms with van der Waals surface area (Å²) in [6.45, 7) is 21.8. The number of rotatable bonds is 15. The Balaban J connectivity index is 1.26. The van der Waals surface area contributed by atoms with Gasteiger partial charge in [0, 0.05) is 41.5 Å². The smallest absolute Gasteiger partial charge is 0.309 e. The molecule has 6 aliphatic rings. The van der Waals surface area contributed by atoms with Gasteiger partial charge in [0.25, 0.3) is 5.91 Å². The van der Waals surface area contributed by atoms with Crippen LogP contribution in [0.15, 0.2) is 36.0 Å². The summed E-state index contributed by atoms with van der Waals surface area (Å²) in [4.78, 5) is 40.9. The highest BCUT2D eigenvalue weighted by molar-refractivity contribution is 6.18. The third kappa shape index (κ3) is 9.88. The minimum Gasteiger partial charge on any atom is -0.481 e. The molecule has 4 N–H and O–H groups in total. The molecule has 13 heteroatoms. The Morgan fingerprint density at radius 1 is 0.906 bits per heavy atom. The minimum atomic E-state index is -1.36. The van der Waals surface area contributed by atoms with Crippen molar-refractivity contribution in [3.63, 3.8) is 0 Å². The van der Waals surface area contributed by atoms with E-state index in [0.29, 0.717) is 69.2 Å². The second-order valence-electron chi connectivity index (χ2n) is 21.1. The van der Waals surface area contributed by atoms with Crippen LogP contribution in [-0.4, -0.2) is 104 Å². The summed E-state index contributed by atoms with van der Waals surface area (Å²) in [7, 11) is 0. The number of ether oxygens (including phenoxy) is 5. The lowest BCUT2D eigenvalue weighted by atomic mass is 9.72. The second-order valence-corrected chi connectivity index (χ2v) is 21.4. The number of alkyl halides is 1. The fraction of sp³-hybridized carbons (Fsp3) is 0.824. The standard InChI is InChI=1S/C51H80ClNO11/c1-12-37(47(57)58)39-18-15-28(4)44(61-39)33(9)42(54)32(8)43(55)38(13-2)45-30(6)25-31(7)50(62-45)22-19-40(53-46(56)35-16-17-36(27-52)29(5)26-35)51(64-50)24-23-48(11,63-51)41-20-21-49(59,14-3)34(10)60-41/h16-17,19,22,26,28-34,36-42,44-45,54,59H,12-15,18,20-21,23-25,27H2,1-11H3,(H,53,56)(H,57,58)/t28-,29?,30-,31+,32-,33-,34-,36?,37?,38?,39+,40?,41+,42+,44+,45-,48-,49+,50-,51-/m0/s1. The van der Waals surface area contributed by atoms with Gasteiger partial charge in [-0.05, 0) is 101 Å². The first-order valence-corrected chi connectivity index (χ1v) is 25.2. The van der Waals surface area contributed by atoms with E-state index in [9.17, 15) is 29.7 Å². The summed E-state index contributed by atoms with van der Waals surface area (Å²) in [6, 6.07) is -0.697. The number of ketones is 1. The average Bonchev–Trinajstić information content (AvgIpc) is 3.61. The van der Waals surface area contributed by atoms with Gasteiger partial charge in [-0.1, -0.05) is 86.6 Å². The van der Waals surface area contributed by atoms with E-state index in [1.54, 1.807) is 6.92 Å². The highest BCUT2D eigenvalue weighted by Crippen LogP contribution is 2.54. The Morgan fingerprint density at radius 2 is 1.61 bits per heavy atom. The van der Waals surface area contributed by atoms with Gasteiger partial charge in [-0.15, -0.1) is 11.6 Å². The van der Waals surface area contributed by atoms with Crippen molar-refractivity contribution in [1.29, 1.82) is 0 Å². The van der Waals surface area contributed by atoms with Crippen LogP contribution in [0.4, 0.5) is 0 Å². The Hall–Kier alpha value is -2.16. The lowest BCUT2D eigenvalue weighted by Gasteiger charge is -2.55. The van der Waals surface area contributed by atoms with E-state index in [4.69, 9.17) is 35.3 Å². The van der Waals surface area contributed by atoms with E-state index in [1.165, 1.54) is 0 Å². The maximum Gasteiger partial charge on any atom is 0.309 e. The van der Waals surface area contributed by atoms with Crippen molar-refractivity contribution in [2.45, 2.75) is 206 Å². The Labute approximate surface area is 387 Å². The monoisotopic (exact) mass is 918 g/mol. The van der Waals surface area contributed by atoms with Gasteiger partial charge >= 0.3 is 5.97 Å². The van der Waals surface area contributed by atoms with Crippen molar-refractivity contribution in [3.05, 3.63) is 36.0 Å². The summed E-state index contributed by atoms with van der Waals surface area (Å²) in [5.74, 6) is -5.66. The molecule has 1 amide bonds. The Bertz CT molecular complexity index is 1770. The molecule has 4 fully saturated rings. The van der Waals surface area contributed by atoms with Crippen molar-refractivity contribution < 1.29 is 53.4 Å². The predicted octanol–water partition coefficient (Wildman–Crippen LogP) is 8.30. The topological polar surface area (TPSA) is 170 Å². The van der Waals surface area contributed by atoms with Crippen LogP contribution in [0.3, 0.4) is 0 Å². The molecule has 2 spiro atoms. The number of carboxylic acid groups (broad SMARTS) is 1. The molecule has 0 aromatic rings. The van der Waals surface area contributed by atoms with Crippen LogP contribution >= 0.6 is 11.6 Å². The SMILES string of the molecule is CCC(C(=O)[C@@H](C)[C@@H](O)[C@H](C)[C@@H]1O[C@@H](C(CC)C(=O)O)CC[C@@H]1C)[C@H]1O[C@]2(C=CC(NC(=O)C3=CC(C)C(CCl)C=C3)[C@]3(CC[C@@](C)([C@H]4CC[C@](O)(CC)[C@H](C)O4)O3)O2)[C@H](C)C[C@@H]1C. The highest BCUT2D eigenvalue weighted by Gasteiger charge is 2.63. The molecule has 5 aliphatic heterocycles. The Kier molecular flexibility index (Phi) is 16.2. The van der Waals surface area contributed by atoms with Gasteiger partial charge in [0.05, 0.1) is 53.7 Å². The number of allylic oxidation sites excluding steroid dienone is 2. The zero-order chi connectivity index (χ0) is 47.1. The fourth-order valence-corrected chi connectivity index (χ4v) is 12.5. The van der Waals surface area contributed by atoms with Gasteiger partial charge in [-0.25, -0.2) is 0 Å². The maximum atomic E-state index is 14.7. The van der Waals surface area contributed by atoms with Crippen LogP contribution in [0.1, 0.15) is 140 Å². The molecule has 6 rings (SSSR count). The third-order valence-corrected chi connectivity index (χ3v) is 17.2. The first-order valence-electron chi connectivity index (χ1n) is 24.6. The molecular formula is C51H80ClNO11. The number of nitrogens with one attached hydrogen (secondary N) is 1. The number of carbonyl (C=O) groups excluding carboxylic acids is 2. The van der Waals surface area contributed by atoms with Gasteiger partial charge < -0.3 is 44.3 Å². The first kappa shape index (κ1) is 51.2. The molecule has 0 saturated carbocycles. The number of carboxylic acids is 1. The predicted molar refractivity (Wildman–Crippen MR) is 245 cm³/mol. The maximum absolute atomic E-state index is 14.7. The summed E-state index contributed by atoms with van der Waals surface area (Å²) in [6.07, 6.45) is 12.2. The number of aliphatic hydroxyl groups is 2. The van der Waals surface area contributed by atoms with E-state index in [0.717, 1.165) is 6.42 Å². The number of hydrogen-bond acceptors (Lipinski definition) is 10. The summed E-state index contributed by atoms with van der Waals surface area (Å²) in [5, 5.41) is 36.3. The van der Waals surface area contributed by atoms with Crippen LogP contribution in [0, 0.1) is 53.3 Å². The summed E-state index contributed by atoms with van der Waals surface area (Å²) >= 11 is 6.20. The second kappa shape index (κ2) is 20.2. The number of amides is 1. The number of Topliss-reactive ketones (excluding diaryl/α,β-unsaturated/α-hetero) is 1. The quantitative estimate of drug-likeness (QED) is 0.0921. The van der Waals surface area contributed by atoms with Crippen molar-refractivity contribution in [2.24, 2.45) is 53.3 Å². The van der Waals surface area contributed by atoms with Gasteiger partial charge in [0.2, 0.25) is 0 Å². The van der Waals surface area contributed by atoms with Crippen molar-refractivity contribution >= 4 is 29.3 Å². The molecule has 5 unspecified atom stereocenters. The molecule has 0 bridgehead atoms. The lowest BCUT2D eigenvalue weighted by Crippen LogP contribution is -2.65. The molecule has 12 nitrogen and oxygen atoms in total. The number of aliphatic carboxylic acids is 1. The van der Waals surface area contributed by atoms with E-state index in [2.05, 4.69) is 33.0 Å². The summed E-state index contributed by atoms with van der Waals surface area (Å²) < 4.78 is 34.8. The lowest BCUT2D eigenvalue weighted by molar-refractivity contribution is -0.398. The van der Waals surface area contributed by atoms with Crippen molar-refractivity contribution in [1.82, 2.24) is 5.32 Å². The van der Waals surface area contributed by atoms with E-state index < -0.39 is 89.0 Å². The van der Waals surface area contributed by atoms with Crippen LogP contribution in [0.2, 0.25) is 0 Å². The number of aliphatic hydroxyl groups excluding tert-OH is 1. The number of hydrogen-bond donors (Lipinski definition) is 4. The molecule has 0 aromatic carbocycles. The zero-order valence-corrected chi connectivity index (χ0v) is 41.1. The van der Waals surface area contributed by atoms with E-state index in [1.807, 2.05) is 71.9 Å². The van der Waals surface area contributed by atoms with Crippen LogP contribution in [0.5, 0.6) is 0 Å². The van der Waals surface area contributed by atoms with E-state index >= 15 is 0 Å². The van der Waals surface area contributed by atoms with Crippen LogP contribution in [-0.2, 0) is 38.1 Å². The Morgan fingerprint density at radius 3 is 2.22 bits per heavy atom. The molecule has 20 atom stereocenters. The third-order valence-electron chi connectivity index (χ3n) is 16.8. The molecule has 4 saturated heterocycles. The van der Waals surface area contributed by atoms with E-state index in [-0.39, 0.29) is 47.4 Å². The number of carbonyl (C=O) groups is 3. The molecule has 1 aliphatic carbocycles. The van der Waals surface area contributed by atoms with Gasteiger partial charge in [0.1, 0.15) is 11.8 Å².